The minimum Gasteiger partial charge on any atom is -0.504 e. The fraction of sp³-hybridized carbons (Fsp3) is 0.217. The highest BCUT2D eigenvalue weighted by Gasteiger charge is 2.70. The number of phenolic OH excluding ortho intramolecular Hbond substituents is 1. The van der Waals surface area contributed by atoms with E-state index in [9.17, 15) is 19.5 Å². The normalized spacial score (nSPS) is 25.3. The number of amides is 4. The van der Waals surface area contributed by atoms with E-state index in [1.165, 1.54) is 18.1 Å². The maximum atomic E-state index is 15.3. The summed E-state index contributed by atoms with van der Waals surface area (Å²) in [5, 5.41) is 15.2. The quantitative estimate of drug-likeness (QED) is 0.109. The largest absolute Gasteiger partial charge is 0.504 e. The summed E-state index contributed by atoms with van der Waals surface area (Å²) in [6.45, 7) is 1.96. The summed E-state index contributed by atoms with van der Waals surface area (Å²) < 4.78 is 5.57. The molecule has 2 aliphatic heterocycles. The Morgan fingerprint density at radius 1 is 0.732 bits per heavy atom. The monoisotopic (exact) mass is 744 g/mol. The van der Waals surface area contributed by atoms with Gasteiger partial charge < -0.3 is 15.2 Å². The number of ether oxygens (including phenoxy) is 1. The maximum absolute atomic E-state index is 15.3. The number of aryl methyl sites for hydroxylation is 1. The number of hydrogen-bond acceptors (Lipinski definition) is 8. The average Bonchev–Trinajstić information content (AvgIpc) is 3.60. The summed E-state index contributed by atoms with van der Waals surface area (Å²) in [6, 6.07) is 38.8. The lowest BCUT2D eigenvalue weighted by Gasteiger charge is -2.50. The highest BCUT2D eigenvalue weighted by atomic mass is 16.5. The molecule has 0 spiro atoms. The number of anilines is 4. The van der Waals surface area contributed by atoms with Crippen molar-refractivity contribution in [3.8, 4) is 11.5 Å². The van der Waals surface area contributed by atoms with Gasteiger partial charge in [-0.1, -0.05) is 83.9 Å². The Kier molecular flexibility index (Phi) is 8.49. The van der Waals surface area contributed by atoms with Gasteiger partial charge in [0, 0.05) is 17.3 Å². The van der Waals surface area contributed by atoms with Crippen LogP contribution in [0.1, 0.15) is 35.4 Å². The first-order chi connectivity index (χ1) is 27.2. The van der Waals surface area contributed by atoms with E-state index in [1.54, 1.807) is 24.3 Å². The van der Waals surface area contributed by atoms with Crippen LogP contribution in [-0.4, -0.2) is 40.9 Å². The molecule has 4 aliphatic rings. The second-order valence-corrected chi connectivity index (χ2v) is 15.1. The van der Waals surface area contributed by atoms with Gasteiger partial charge in [-0.05, 0) is 97.5 Å². The van der Waals surface area contributed by atoms with Crippen LogP contribution in [0.3, 0.4) is 0 Å². The number of fused-ring (bicyclic) bond motifs is 4. The standard InChI is InChI=1S/C46H40N4O6/c1-27-13-16-32(17-14-27)48-50-43(53)37-26-36-34(41(28-15-24-38(51)39(25-28)56-2)46(37,45(50)55)29-9-5-3-6-10-29)22-23-35-40(36)44(54)49(42(35)52)33-20-18-31(19-21-33)47-30-11-7-4-8-12-30/h3-22,24-25,35-37,40-41,47-48,51H,23,26H2,1-2H3. The van der Waals surface area contributed by atoms with Gasteiger partial charge in [-0.15, -0.1) is 0 Å². The number of carbonyl (C=O) groups excluding carboxylic acids is 4. The number of imide groups is 2. The summed E-state index contributed by atoms with van der Waals surface area (Å²) in [5.41, 5.74) is 7.64. The van der Waals surface area contributed by atoms with E-state index in [-0.39, 0.29) is 29.7 Å². The number of hydrogen-bond donors (Lipinski definition) is 3. The molecule has 0 radical (unpaired) electrons. The number of phenols is 1. The lowest BCUT2D eigenvalue weighted by Crippen LogP contribution is -2.53. The molecule has 2 heterocycles. The summed E-state index contributed by atoms with van der Waals surface area (Å²) in [5.74, 6) is -4.84. The second kappa shape index (κ2) is 13.6. The number of nitrogens with zero attached hydrogens (tertiary/aromatic N) is 2. The van der Waals surface area contributed by atoms with E-state index in [0.717, 1.165) is 27.5 Å². The number of hydrazine groups is 1. The predicted molar refractivity (Wildman–Crippen MR) is 212 cm³/mol. The lowest BCUT2D eigenvalue weighted by molar-refractivity contribution is -0.138. The van der Waals surface area contributed by atoms with Crippen LogP contribution in [0, 0.1) is 30.6 Å². The van der Waals surface area contributed by atoms with Crippen LogP contribution in [0.5, 0.6) is 11.5 Å². The summed E-state index contributed by atoms with van der Waals surface area (Å²) in [4.78, 5) is 60.5. The zero-order valence-corrected chi connectivity index (χ0v) is 30.9. The number of benzene rings is 5. The fourth-order valence-corrected chi connectivity index (χ4v) is 9.63. The molecule has 10 nitrogen and oxygen atoms in total. The first-order valence-electron chi connectivity index (χ1n) is 18.8. The van der Waals surface area contributed by atoms with Crippen molar-refractivity contribution in [3.63, 3.8) is 0 Å². The van der Waals surface area contributed by atoms with Gasteiger partial charge >= 0.3 is 0 Å². The average molecular weight is 745 g/mol. The Morgan fingerprint density at radius 2 is 1.39 bits per heavy atom. The lowest BCUT2D eigenvalue weighted by atomic mass is 9.49. The van der Waals surface area contributed by atoms with E-state index >= 15 is 4.79 Å². The summed E-state index contributed by atoms with van der Waals surface area (Å²) in [6.07, 6.45) is 2.49. The van der Waals surface area contributed by atoms with Crippen molar-refractivity contribution >= 4 is 46.4 Å². The van der Waals surface area contributed by atoms with Crippen molar-refractivity contribution in [3.05, 3.63) is 156 Å². The molecule has 6 atom stereocenters. The number of rotatable bonds is 8. The van der Waals surface area contributed by atoms with Gasteiger partial charge in [-0.2, -0.15) is 5.01 Å². The van der Waals surface area contributed by atoms with Crippen molar-refractivity contribution in [1.29, 1.82) is 0 Å². The molecule has 3 fully saturated rings. The van der Waals surface area contributed by atoms with Crippen molar-refractivity contribution in [1.82, 2.24) is 5.01 Å². The molecule has 1 saturated carbocycles. The zero-order chi connectivity index (χ0) is 38.7. The maximum Gasteiger partial charge on any atom is 0.260 e. The molecule has 56 heavy (non-hydrogen) atoms. The van der Waals surface area contributed by atoms with Gasteiger partial charge in [0.1, 0.15) is 0 Å². The van der Waals surface area contributed by atoms with Gasteiger partial charge in [-0.3, -0.25) is 29.5 Å². The molecule has 6 unspecified atom stereocenters. The fourth-order valence-electron chi connectivity index (χ4n) is 9.63. The Hall–Kier alpha value is -6.68. The highest BCUT2D eigenvalue weighted by molar-refractivity contribution is 6.22. The van der Waals surface area contributed by atoms with Gasteiger partial charge in [-0.25, -0.2) is 0 Å². The summed E-state index contributed by atoms with van der Waals surface area (Å²) in [7, 11) is 1.46. The zero-order valence-electron chi connectivity index (χ0n) is 30.9. The third-order valence-corrected chi connectivity index (χ3v) is 12.1. The van der Waals surface area contributed by atoms with Gasteiger partial charge in [0.2, 0.25) is 11.8 Å². The van der Waals surface area contributed by atoms with E-state index in [4.69, 9.17) is 4.74 Å². The first kappa shape index (κ1) is 35.0. The van der Waals surface area contributed by atoms with Crippen molar-refractivity contribution in [2.24, 2.45) is 23.7 Å². The van der Waals surface area contributed by atoms with Crippen molar-refractivity contribution in [2.75, 3.05) is 22.8 Å². The predicted octanol–water partition coefficient (Wildman–Crippen LogP) is 7.64. The highest BCUT2D eigenvalue weighted by Crippen LogP contribution is 2.64. The Balaban J connectivity index is 1.15. The Bertz CT molecular complexity index is 2400. The molecule has 280 valence electrons. The van der Waals surface area contributed by atoms with E-state index < -0.39 is 46.8 Å². The third kappa shape index (κ3) is 5.38. The number of methoxy groups -OCH3 is 1. The topological polar surface area (TPSA) is 128 Å². The molecular formula is C46H40N4O6. The third-order valence-electron chi connectivity index (χ3n) is 12.1. The van der Waals surface area contributed by atoms with Crippen molar-refractivity contribution in [2.45, 2.75) is 31.1 Å². The molecule has 2 aliphatic carbocycles. The molecule has 2 saturated heterocycles. The molecule has 3 N–H and O–H groups in total. The van der Waals surface area contributed by atoms with E-state index in [2.05, 4.69) is 10.7 Å². The van der Waals surface area contributed by atoms with Crippen LogP contribution in [0.15, 0.2) is 139 Å². The Labute approximate surface area is 324 Å². The molecule has 4 amide bonds. The molecule has 5 aromatic carbocycles. The number of carbonyl (C=O) groups is 4. The van der Waals surface area contributed by atoms with Crippen LogP contribution < -0.4 is 20.4 Å². The van der Waals surface area contributed by atoms with Crippen LogP contribution in [0.25, 0.3) is 0 Å². The first-order valence-corrected chi connectivity index (χ1v) is 18.8. The number of nitrogens with one attached hydrogen (secondary N) is 2. The smallest absolute Gasteiger partial charge is 0.260 e. The van der Waals surface area contributed by atoms with Gasteiger partial charge in [0.05, 0.1) is 41.7 Å². The minimum atomic E-state index is -1.43. The van der Waals surface area contributed by atoms with Crippen LogP contribution in [0.4, 0.5) is 22.7 Å². The summed E-state index contributed by atoms with van der Waals surface area (Å²) >= 11 is 0. The van der Waals surface area contributed by atoms with Gasteiger partial charge in [0.25, 0.3) is 11.8 Å². The van der Waals surface area contributed by atoms with E-state index in [1.807, 2.05) is 110 Å². The molecule has 5 aromatic rings. The number of allylic oxidation sites excluding steroid dienone is 2. The molecule has 0 bridgehead atoms. The molecule has 10 heteroatoms. The van der Waals surface area contributed by atoms with Crippen molar-refractivity contribution < 1.29 is 29.0 Å². The number of aromatic hydroxyl groups is 1. The Morgan fingerprint density at radius 3 is 2.09 bits per heavy atom. The van der Waals surface area contributed by atoms with Crippen LogP contribution in [0.2, 0.25) is 0 Å². The second-order valence-electron chi connectivity index (χ2n) is 15.1. The van der Waals surface area contributed by atoms with E-state index in [0.29, 0.717) is 28.9 Å². The SMILES string of the molecule is COc1cc(C2C3=CCC4C(=O)N(c5ccc(Nc6ccccc6)cc5)C(=O)C4C3CC3C(=O)N(Nc4ccc(C)cc4)C(=O)C32c2ccccc2)ccc1O. The van der Waals surface area contributed by atoms with Gasteiger partial charge in [0.15, 0.2) is 11.5 Å². The minimum absolute atomic E-state index is 0.0692. The molecular weight excluding hydrogens is 705 g/mol. The van der Waals surface area contributed by atoms with Crippen LogP contribution in [-0.2, 0) is 24.6 Å². The number of para-hydroxylation sites is 1. The molecule has 0 aromatic heterocycles. The molecule has 9 rings (SSSR count). The van der Waals surface area contributed by atoms with Crippen LogP contribution >= 0.6 is 0 Å².